The summed E-state index contributed by atoms with van der Waals surface area (Å²) in [6.45, 7) is 3.07. The van der Waals surface area contributed by atoms with Gasteiger partial charge in [-0.15, -0.1) is 23.7 Å². The number of halogens is 2. The Balaban J connectivity index is 2.74. The van der Waals surface area contributed by atoms with Gasteiger partial charge in [0.25, 0.3) is 0 Å². The second-order valence-electron chi connectivity index (χ2n) is 3.12. The molecular weight excluding hydrogens is 338 g/mol. The van der Waals surface area contributed by atoms with Crippen molar-refractivity contribution in [1.29, 1.82) is 0 Å². The molecule has 1 nitrogen and oxygen atoms in total. The molecule has 1 aromatic heterocycles. The van der Waals surface area contributed by atoms with Crippen LogP contribution in [0.4, 0.5) is 0 Å². The van der Waals surface area contributed by atoms with E-state index in [1.807, 2.05) is 0 Å². The largest absolute Gasteiger partial charge is 0.309 e. The minimum atomic E-state index is 0.374. The molecule has 0 aromatic carbocycles. The Kier molecular flexibility index (Phi) is 5.91. The van der Waals surface area contributed by atoms with Crippen molar-refractivity contribution in [3.63, 3.8) is 0 Å². The molecule has 1 rings (SSSR count). The van der Waals surface area contributed by atoms with Crippen LogP contribution in [0.25, 0.3) is 0 Å². The highest BCUT2D eigenvalue weighted by molar-refractivity contribution is 9.13. The maximum Gasteiger partial charge on any atom is 0.0843 e. The van der Waals surface area contributed by atoms with E-state index in [1.54, 1.807) is 11.3 Å². The number of thiophene rings is 1. The zero-order chi connectivity index (χ0) is 11.3. The fourth-order valence-electron chi connectivity index (χ4n) is 1.35. The van der Waals surface area contributed by atoms with Crippen molar-refractivity contribution in [3.8, 4) is 12.3 Å². The van der Waals surface area contributed by atoms with E-state index < -0.39 is 0 Å². The van der Waals surface area contributed by atoms with Crippen LogP contribution in [-0.2, 0) is 0 Å². The van der Waals surface area contributed by atoms with Crippen LogP contribution in [0.15, 0.2) is 14.3 Å². The molecule has 82 valence electrons. The summed E-state index contributed by atoms with van der Waals surface area (Å²) < 4.78 is 2.26. The van der Waals surface area contributed by atoms with E-state index in [1.165, 1.54) is 4.88 Å². The molecule has 1 aromatic rings. The van der Waals surface area contributed by atoms with Crippen LogP contribution in [0.5, 0.6) is 0 Å². The summed E-state index contributed by atoms with van der Waals surface area (Å²) in [5.41, 5.74) is 0. The molecule has 0 aliphatic rings. The molecule has 1 unspecified atom stereocenters. The first-order chi connectivity index (χ1) is 7.19. The molecule has 0 saturated heterocycles. The molecule has 0 fully saturated rings. The predicted octanol–water partition coefficient (Wildman–Crippen LogP) is 4.34. The lowest BCUT2D eigenvalue weighted by atomic mass is 10.1. The first kappa shape index (κ1) is 13.2. The van der Waals surface area contributed by atoms with Gasteiger partial charge < -0.3 is 5.32 Å². The Morgan fingerprint density at radius 2 is 2.33 bits per heavy atom. The van der Waals surface area contributed by atoms with Gasteiger partial charge in [0, 0.05) is 21.8 Å². The molecule has 0 amide bonds. The maximum atomic E-state index is 5.29. The molecular formula is C11H13Br2NS. The Morgan fingerprint density at radius 1 is 1.60 bits per heavy atom. The zero-order valence-corrected chi connectivity index (χ0v) is 12.5. The quantitative estimate of drug-likeness (QED) is 0.779. The summed E-state index contributed by atoms with van der Waals surface area (Å²) in [4.78, 5) is 1.32. The normalized spacial score (nSPS) is 12.4. The van der Waals surface area contributed by atoms with Gasteiger partial charge in [-0.2, -0.15) is 0 Å². The minimum absolute atomic E-state index is 0.374. The van der Waals surface area contributed by atoms with Gasteiger partial charge in [0.1, 0.15) is 0 Å². The van der Waals surface area contributed by atoms with Crippen molar-refractivity contribution in [2.45, 2.75) is 25.8 Å². The maximum absolute atomic E-state index is 5.29. The van der Waals surface area contributed by atoms with Crippen molar-refractivity contribution < 1.29 is 0 Å². The summed E-state index contributed by atoms with van der Waals surface area (Å²) >= 11 is 8.76. The standard InChI is InChI=1S/C11H13Br2NS/c1-3-5-6-9(14-4-2)10-7-8(12)11(13)15-10/h1,7,9,14H,4-6H2,2H3. The van der Waals surface area contributed by atoms with Gasteiger partial charge in [0.2, 0.25) is 0 Å². The second-order valence-corrected chi connectivity index (χ2v) is 6.38. The van der Waals surface area contributed by atoms with Gasteiger partial charge in [-0.05, 0) is 50.9 Å². The minimum Gasteiger partial charge on any atom is -0.309 e. The Morgan fingerprint density at radius 3 is 2.80 bits per heavy atom. The molecule has 0 aliphatic heterocycles. The number of terminal acetylenes is 1. The van der Waals surface area contributed by atoms with Crippen LogP contribution in [0.2, 0.25) is 0 Å². The van der Waals surface area contributed by atoms with Crippen molar-refractivity contribution >= 4 is 43.2 Å². The van der Waals surface area contributed by atoms with Gasteiger partial charge >= 0.3 is 0 Å². The summed E-state index contributed by atoms with van der Waals surface area (Å²) in [5, 5.41) is 3.45. The highest BCUT2D eigenvalue weighted by Crippen LogP contribution is 2.36. The highest BCUT2D eigenvalue weighted by Gasteiger charge is 2.14. The third kappa shape index (κ3) is 3.92. The lowest BCUT2D eigenvalue weighted by Gasteiger charge is -2.14. The summed E-state index contributed by atoms with van der Waals surface area (Å²) in [6, 6.07) is 2.53. The molecule has 0 aliphatic carbocycles. The van der Waals surface area contributed by atoms with Gasteiger partial charge in [-0.3, -0.25) is 0 Å². The number of hydrogen-bond acceptors (Lipinski definition) is 2. The lowest BCUT2D eigenvalue weighted by Crippen LogP contribution is -2.19. The van der Waals surface area contributed by atoms with Crippen molar-refractivity contribution in [2.24, 2.45) is 0 Å². The topological polar surface area (TPSA) is 12.0 Å². The fraction of sp³-hybridized carbons (Fsp3) is 0.455. The van der Waals surface area contributed by atoms with Gasteiger partial charge in [0.05, 0.1) is 3.79 Å². The zero-order valence-electron chi connectivity index (χ0n) is 8.52. The molecule has 1 atom stereocenters. The highest BCUT2D eigenvalue weighted by atomic mass is 79.9. The summed E-state index contributed by atoms with van der Waals surface area (Å²) in [6.07, 6.45) is 7.09. The molecule has 0 saturated carbocycles. The van der Waals surface area contributed by atoms with Crippen LogP contribution < -0.4 is 5.32 Å². The van der Waals surface area contributed by atoms with E-state index >= 15 is 0 Å². The molecule has 0 spiro atoms. The smallest absolute Gasteiger partial charge is 0.0843 e. The van der Waals surface area contributed by atoms with Crippen molar-refractivity contribution in [3.05, 3.63) is 19.2 Å². The van der Waals surface area contributed by atoms with E-state index in [9.17, 15) is 0 Å². The average Bonchev–Trinajstić information content (AvgIpc) is 2.54. The van der Waals surface area contributed by atoms with E-state index in [2.05, 4.69) is 56.1 Å². The number of rotatable bonds is 5. The van der Waals surface area contributed by atoms with Gasteiger partial charge in [-0.1, -0.05) is 6.92 Å². The SMILES string of the molecule is C#CCCC(NCC)c1cc(Br)c(Br)s1. The van der Waals surface area contributed by atoms with E-state index in [4.69, 9.17) is 6.42 Å². The summed E-state index contributed by atoms with van der Waals surface area (Å²) in [5.74, 6) is 2.69. The number of nitrogens with one attached hydrogen (secondary N) is 1. The first-order valence-electron chi connectivity index (χ1n) is 4.80. The third-order valence-electron chi connectivity index (χ3n) is 2.04. The molecule has 15 heavy (non-hydrogen) atoms. The molecule has 4 heteroatoms. The third-order valence-corrected chi connectivity index (χ3v) is 5.41. The molecule has 0 radical (unpaired) electrons. The monoisotopic (exact) mass is 349 g/mol. The number of hydrogen-bond donors (Lipinski definition) is 1. The first-order valence-corrected chi connectivity index (χ1v) is 7.20. The van der Waals surface area contributed by atoms with E-state index in [0.717, 1.165) is 27.6 Å². The van der Waals surface area contributed by atoms with Crippen LogP contribution >= 0.6 is 43.2 Å². The Bertz CT molecular complexity index is 334. The lowest BCUT2D eigenvalue weighted by molar-refractivity contribution is 0.530. The van der Waals surface area contributed by atoms with Crippen molar-refractivity contribution in [2.75, 3.05) is 6.54 Å². The van der Waals surface area contributed by atoms with E-state index in [0.29, 0.717) is 6.04 Å². The average molecular weight is 351 g/mol. The van der Waals surface area contributed by atoms with Crippen LogP contribution in [0, 0.1) is 12.3 Å². The fourth-order valence-corrected chi connectivity index (χ4v) is 3.55. The summed E-state index contributed by atoms with van der Waals surface area (Å²) in [7, 11) is 0. The van der Waals surface area contributed by atoms with Crippen molar-refractivity contribution in [1.82, 2.24) is 5.32 Å². The van der Waals surface area contributed by atoms with Crippen LogP contribution in [0.1, 0.15) is 30.7 Å². The Labute approximate surface area is 112 Å². The van der Waals surface area contributed by atoms with E-state index in [-0.39, 0.29) is 0 Å². The second kappa shape index (κ2) is 6.70. The molecule has 1 N–H and O–H groups in total. The van der Waals surface area contributed by atoms with Gasteiger partial charge in [-0.25, -0.2) is 0 Å². The molecule has 0 bridgehead atoms. The predicted molar refractivity (Wildman–Crippen MR) is 74.2 cm³/mol. The van der Waals surface area contributed by atoms with Crippen LogP contribution in [-0.4, -0.2) is 6.54 Å². The molecule has 1 heterocycles. The van der Waals surface area contributed by atoms with Gasteiger partial charge in [0.15, 0.2) is 0 Å². The van der Waals surface area contributed by atoms with Crippen LogP contribution in [0.3, 0.4) is 0 Å². The Hall–Kier alpha value is 0.180.